The van der Waals surface area contributed by atoms with Gasteiger partial charge in [-0.05, 0) is 6.42 Å². The van der Waals surface area contributed by atoms with E-state index in [1.165, 1.54) is 0 Å². The first kappa shape index (κ1) is 45.8. The molecule has 0 aliphatic carbocycles. The van der Waals surface area contributed by atoms with Crippen LogP contribution < -0.4 is 0 Å². The Bertz CT molecular complexity index is 16.5. The Morgan fingerprint density at radius 3 is 1.25 bits per heavy atom. The summed E-state index contributed by atoms with van der Waals surface area (Å²) in [5.74, 6) is 0. The normalized spacial score (nSPS) is 3.75. The molecule has 0 spiro atoms. The van der Waals surface area contributed by atoms with Crippen LogP contribution in [0.2, 0.25) is 0 Å². The first-order valence-electron chi connectivity index (χ1n) is 1.52. The zero-order valence-electron chi connectivity index (χ0n) is 4.09. The molecule has 0 fully saturated rings. The van der Waals surface area contributed by atoms with Crippen molar-refractivity contribution in [1.82, 2.24) is 0 Å². The van der Waals surface area contributed by atoms with Crippen molar-refractivity contribution in [2.75, 3.05) is 6.61 Å². The van der Waals surface area contributed by atoms with Crippen LogP contribution in [0, 0.1) is 0 Å². The number of rotatable bonds is 1. The predicted molar refractivity (Wildman–Crippen MR) is 34.8 cm³/mol. The zero-order valence-corrected chi connectivity index (χ0v) is 4.09. The summed E-state index contributed by atoms with van der Waals surface area (Å²) in [4.78, 5) is 0. The van der Waals surface area contributed by atoms with Gasteiger partial charge < -0.3 is 5.11 Å². The highest BCUT2D eigenvalue weighted by Gasteiger charge is 1.57. The van der Waals surface area contributed by atoms with E-state index in [9.17, 15) is 0 Å². The van der Waals surface area contributed by atoms with Crippen molar-refractivity contribution in [2.24, 2.45) is 0 Å². The molecular weight excluding hydrogens is 120 g/mol. The minimum absolute atomic E-state index is 0. The maximum Gasteiger partial charge on any atom is 0.0814 e. The standard InChI is InChI=1S/C3H8O.BH3.3FH/c1-2-3-4;;;;/h4H,2-3H2,1H3;1H3;3*1H. The van der Waals surface area contributed by atoms with Crippen LogP contribution in [-0.4, -0.2) is 20.1 Å². The minimum atomic E-state index is 0. The summed E-state index contributed by atoms with van der Waals surface area (Å²) >= 11 is 0. The Balaban J connectivity index is -0.00000000750. The molecule has 1 N–H and O–H groups in total. The van der Waals surface area contributed by atoms with Gasteiger partial charge in [-0.2, -0.15) is 0 Å². The first-order chi connectivity index (χ1) is 1.91. The van der Waals surface area contributed by atoms with E-state index in [1.807, 2.05) is 6.92 Å². The molecule has 0 saturated heterocycles. The lowest BCUT2D eigenvalue weighted by atomic mass is 10.5. The van der Waals surface area contributed by atoms with Gasteiger partial charge in [0.1, 0.15) is 0 Å². The van der Waals surface area contributed by atoms with Crippen LogP contribution in [0.5, 0.6) is 0 Å². The summed E-state index contributed by atoms with van der Waals surface area (Å²) in [5.41, 5.74) is 0. The fraction of sp³-hybridized carbons (Fsp3) is 1.00. The van der Waals surface area contributed by atoms with E-state index in [1.54, 1.807) is 0 Å². The van der Waals surface area contributed by atoms with Gasteiger partial charge in [0.25, 0.3) is 0 Å². The summed E-state index contributed by atoms with van der Waals surface area (Å²) < 4.78 is 0. The molecular formula is C3H14BF3O. The number of hydrogen-bond acceptors (Lipinski definition) is 1. The van der Waals surface area contributed by atoms with E-state index in [0.717, 1.165) is 6.42 Å². The van der Waals surface area contributed by atoms with Gasteiger partial charge in [0.15, 0.2) is 0 Å². The lowest BCUT2D eigenvalue weighted by Crippen LogP contribution is -1.69. The van der Waals surface area contributed by atoms with Crippen LogP contribution in [-0.2, 0) is 0 Å². The van der Waals surface area contributed by atoms with E-state index in [-0.39, 0.29) is 22.5 Å². The van der Waals surface area contributed by atoms with Crippen LogP contribution >= 0.6 is 0 Å². The summed E-state index contributed by atoms with van der Waals surface area (Å²) in [6, 6.07) is 0. The van der Waals surface area contributed by atoms with Crippen molar-refractivity contribution in [2.45, 2.75) is 13.3 Å². The van der Waals surface area contributed by atoms with Crippen molar-refractivity contribution >= 4 is 8.41 Å². The molecule has 0 rings (SSSR count). The van der Waals surface area contributed by atoms with Gasteiger partial charge in [0.05, 0.1) is 8.41 Å². The second-order valence-corrected chi connectivity index (χ2v) is 0.724. The monoisotopic (exact) mass is 134 g/mol. The predicted octanol–water partition coefficient (Wildman–Crippen LogP) is -0.338. The largest absolute Gasteiger partial charge is 0.396 e. The number of hydrogen-bond donors (Lipinski definition) is 1. The second-order valence-electron chi connectivity index (χ2n) is 0.724. The third-order valence-electron chi connectivity index (χ3n) is 0.224. The fourth-order valence-electron chi connectivity index (χ4n) is 0. The number of aliphatic hydroxyl groups is 1. The molecule has 0 aromatic heterocycles. The fourth-order valence-corrected chi connectivity index (χ4v) is 0. The van der Waals surface area contributed by atoms with Crippen molar-refractivity contribution in [3.05, 3.63) is 0 Å². The average Bonchev–Trinajstić information content (AvgIpc) is 1.37. The molecule has 0 atom stereocenters. The summed E-state index contributed by atoms with van der Waals surface area (Å²) in [6.45, 7) is 2.25. The highest BCUT2D eigenvalue weighted by Crippen LogP contribution is 1.61. The topological polar surface area (TPSA) is 20.2 Å². The van der Waals surface area contributed by atoms with E-state index in [4.69, 9.17) is 5.11 Å². The van der Waals surface area contributed by atoms with Gasteiger partial charge in [-0.15, -0.1) is 0 Å². The average molecular weight is 134 g/mol. The van der Waals surface area contributed by atoms with Gasteiger partial charge in [-0.1, -0.05) is 6.92 Å². The molecule has 0 aromatic rings. The Morgan fingerprint density at radius 1 is 1.12 bits per heavy atom. The van der Waals surface area contributed by atoms with Crippen LogP contribution in [0.3, 0.4) is 0 Å². The summed E-state index contributed by atoms with van der Waals surface area (Å²) in [7, 11) is 0. The van der Waals surface area contributed by atoms with Crippen molar-refractivity contribution in [3.8, 4) is 0 Å². The Morgan fingerprint density at radius 2 is 1.25 bits per heavy atom. The Hall–Kier alpha value is -0.185. The van der Waals surface area contributed by atoms with Crippen molar-refractivity contribution in [3.63, 3.8) is 0 Å². The molecule has 0 aliphatic rings. The maximum atomic E-state index is 7.88. The van der Waals surface area contributed by atoms with Crippen LogP contribution in [0.25, 0.3) is 0 Å². The molecule has 56 valence electrons. The highest BCUT2D eigenvalue weighted by molar-refractivity contribution is 5.75. The molecule has 1 nitrogen and oxygen atoms in total. The van der Waals surface area contributed by atoms with Gasteiger partial charge in [0, 0.05) is 6.61 Å². The Kier molecular flexibility index (Phi) is 401. The van der Waals surface area contributed by atoms with Crippen molar-refractivity contribution < 1.29 is 19.2 Å². The van der Waals surface area contributed by atoms with Gasteiger partial charge in [0.2, 0.25) is 0 Å². The van der Waals surface area contributed by atoms with E-state index in [2.05, 4.69) is 0 Å². The SMILES string of the molecule is B.CCCO.F.F.F. The molecule has 0 aliphatic heterocycles. The third kappa shape index (κ3) is 203. The van der Waals surface area contributed by atoms with Crippen LogP contribution in [0.15, 0.2) is 0 Å². The molecule has 0 unspecified atom stereocenters. The van der Waals surface area contributed by atoms with Crippen LogP contribution in [0.1, 0.15) is 13.3 Å². The molecule has 0 radical (unpaired) electrons. The second kappa shape index (κ2) is 70.0. The lowest BCUT2D eigenvalue weighted by molar-refractivity contribution is 0.295. The quantitative estimate of drug-likeness (QED) is 0.486. The van der Waals surface area contributed by atoms with E-state index >= 15 is 0 Å². The van der Waals surface area contributed by atoms with Gasteiger partial charge in [-0.25, -0.2) is 0 Å². The van der Waals surface area contributed by atoms with E-state index < -0.39 is 0 Å². The summed E-state index contributed by atoms with van der Waals surface area (Å²) in [6.07, 6.45) is 0.875. The molecule has 0 heterocycles. The van der Waals surface area contributed by atoms with Crippen LogP contribution in [0.4, 0.5) is 14.1 Å². The lowest BCUT2D eigenvalue weighted by Gasteiger charge is -1.69. The van der Waals surface area contributed by atoms with E-state index in [0.29, 0.717) is 6.61 Å². The maximum absolute atomic E-state index is 7.88. The Labute approximate surface area is 48.8 Å². The first-order valence-corrected chi connectivity index (χ1v) is 1.52. The molecule has 5 heteroatoms. The van der Waals surface area contributed by atoms with Gasteiger partial charge >= 0.3 is 0 Å². The molecule has 0 bridgehead atoms. The van der Waals surface area contributed by atoms with Gasteiger partial charge in [-0.3, -0.25) is 14.1 Å². The smallest absolute Gasteiger partial charge is 0.0814 e. The molecule has 8 heavy (non-hydrogen) atoms. The minimum Gasteiger partial charge on any atom is -0.396 e. The zero-order chi connectivity index (χ0) is 3.41. The highest BCUT2D eigenvalue weighted by atomic mass is 19.0. The number of halogens is 3. The molecule has 0 amide bonds. The third-order valence-corrected chi connectivity index (χ3v) is 0.224. The summed E-state index contributed by atoms with van der Waals surface area (Å²) in [5, 5.41) is 7.88. The molecule has 0 saturated carbocycles. The number of aliphatic hydroxyl groups excluding tert-OH is 1. The molecule has 0 aromatic carbocycles. The van der Waals surface area contributed by atoms with Crippen molar-refractivity contribution in [1.29, 1.82) is 0 Å².